The largest absolute Gasteiger partial charge is 0.481 e. The van der Waals surface area contributed by atoms with Crippen LogP contribution in [0.25, 0.3) is 10.4 Å². The summed E-state index contributed by atoms with van der Waals surface area (Å²) in [4.78, 5) is 13.0. The Morgan fingerprint density at radius 3 is 2.73 bits per heavy atom. The van der Waals surface area contributed by atoms with E-state index in [4.69, 9.17) is 10.6 Å². The summed E-state index contributed by atoms with van der Waals surface area (Å²) in [5, 5.41) is 12.0. The second-order valence-corrected chi connectivity index (χ2v) is 3.13. The van der Waals surface area contributed by atoms with Gasteiger partial charge in [-0.2, -0.15) is 0 Å². The predicted octanol–water partition coefficient (Wildman–Crippen LogP) is 1.55. The minimum atomic E-state index is -0.796. The van der Waals surface area contributed by atoms with Gasteiger partial charge in [-0.05, 0) is 18.4 Å². The van der Waals surface area contributed by atoms with E-state index in [1.807, 2.05) is 0 Å². The van der Waals surface area contributed by atoms with E-state index in [1.165, 1.54) is 0 Å². The van der Waals surface area contributed by atoms with Crippen LogP contribution in [0.5, 0.6) is 0 Å². The fourth-order valence-electron chi connectivity index (χ4n) is 1.37. The van der Waals surface area contributed by atoms with E-state index in [2.05, 4.69) is 10.0 Å². The first-order chi connectivity index (χ1) is 5.07. The molecule has 5 heteroatoms. The third-order valence-corrected chi connectivity index (χ3v) is 2.01. The first-order valence-corrected chi connectivity index (χ1v) is 3.36. The Balaban J connectivity index is 2.50. The Kier molecular flexibility index (Phi) is 1.74. The number of rotatable bonds is 2. The first-order valence-electron chi connectivity index (χ1n) is 3.36. The lowest BCUT2D eigenvalue weighted by Crippen LogP contribution is -2.42. The lowest BCUT2D eigenvalue weighted by molar-refractivity contribution is -0.146. The van der Waals surface area contributed by atoms with Crippen molar-refractivity contribution in [1.29, 1.82) is 0 Å². The number of hydrogen-bond acceptors (Lipinski definition) is 2. The Labute approximate surface area is 63.6 Å². The minimum Gasteiger partial charge on any atom is -0.481 e. The molecule has 0 aromatic heterocycles. The molecule has 0 bridgehead atoms. The molecule has 0 radical (unpaired) electrons. The Morgan fingerprint density at radius 1 is 1.82 bits per heavy atom. The van der Waals surface area contributed by atoms with Crippen molar-refractivity contribution in [1.82, 2.24) is 0 Å². The number of carboxylic acid groups (broad SMARTS) is 1. The van der Waals surface area contributed by atoms with Crippen molar-refractivity contribution in [2.75, 3.05) is 0 Å². The highest BCUT2D eigenvalue weighted by molar-refractivity contribution is 5.71. The maximum Gasteiger partial charge on any atom is 0.306 e. The van der Waals surface area contributed by atoms with Crippen molar-refractivity contribution >= 4 is 5.97 Å². The van der Waals surface area contributed by atoms with E-state index in [1.54, 1.807) is 6.92 Å². The van der Waals surface area contributed by atoms with Crippen molar-refractivity contribution in [2.45, 2.75) is 25.3 Å². The number of nitrogens with zero attached hydrogens (tertiary/aromatic N) is 3. The SMILES string of the molecule is CC1(N=[N+]=[N-])CC(C(=O)O)C1. The number of azide groups is 1. The van der Waals surface area contributed by atoms with Crippen LogP contribution in [0, 0.1) is 5.92 Å². The van der Waals surface area contributed by atoms with Crippen LogP contribution in [0.3, 0.4) is 0 Å². The summed E-state index contributed by atoms with van der Waals surface area (Å²) in [6.07, 6.45) is 0.929. The molecule has 0 unspecified atom stereocenters. The number of hydrogen-bond donors (Lipinski definition) is 1. The highest BCUT2D eigenvalue weighted by atomic mass is 16.4. The molecule has 0 aliphatic heterocycles. The summed E-state index contributed by atoms with van der Waals surface area (Å²) in [5.74, 6) is -1.11. The minimum absolute atomic E-state index is 0.314. The highest BCUT2D eigenvalue weighted by Gasteiger charge is 2.43. The fraction of sp³-hybridized carbons (Fsp3) is 0.833. The zero-order valence-corrected chi connectivity index (χ0v) is 6.19. The molecule has 0 spiro atoms. The predicted molar refractivity (Wildman–Crippen MR) is 37.9 cm³/mol. The third kappa shape index (κ3) is 1.43. The van der Waals surface area contributed by atoms with Crippen molar-refractivity contribution in [2.24, 2.45) is 11.0 Å². The van der Waals surface area contributed by atoms with E-state index in [0.29, 0.717) is 12.8 Å². The smallest absolute Gasteiger partial charge is 0.306 e. The topological polar surface area (TPSA) is 86.1 Å². The standard InChI is InChI=1S/C6H9N3O2/c1-6(8-9-7)2-4(3-6)5(10)11/h4H,2-3H2,1H3,(H,10,11). The second-order valence-electron chi connectivity index (χ2n) is 3.13. The second kappa shape index (κ2) is 2.43. The van der Waals surface area contributed by atoms with Crippen LogP contribution in [0.1, 0.15) is 19.8 Å². The summed E-state index contributed by atoms with van der Waals surface area (Å²) < 4.78 is 0. The molecule has 1 aliphatic rings. The van der Waals surface area contributed by atoms with E-state index in [0.717, 1.165) is 0 Å². The van der Waals surface area contributed by atoms with Crippen molar-refractivity contribution < 1.29 is 9.90 Å². The van der Waals surface area contributed by atoms with Gasteiger partial charge in [-0.3, -0.25) is 4.79 Å². The zero-order valence-electron chi connectivity index (χ0n) is 6.19. The number of carboxylic acids is 1. The molecule has 0 aromatic rings. The van der Waals surface area contributed by atoms with E-state index < -0.39 is 11.5 Å². The molecule has 0 heterocycles. The van der Waals surface area contributed by atoms with Gasteiger partial charge < -0.3 is 5.11 Å². The van der Waals surface area contributed by atoms with Crippen LogP contribution in [0.4, 0.5) is 0 Å². The zero-order chi connectivity index (χ0) is 8.48. The van der Waals surface area contributed by atoms with Gasteiger partial charge in [-0.25, -0.2) is 0 Å². The van der Waals surface area contributed by atoms with Gasteiger partial charge in [0.15, 0.2) is 0 Å². The molecule has 1 fully saturated rings. The first kappa shape index (κ1) is 7.88. The van der Waals surface area contributed by atoms with Gasteiger partial charge in [0.2, 0.25) is 0 Å². The molecule has 1 saturated carbocycles. The summed E-state index contributed by atoms with van der Waals surface area (Å²) in [6, 6.07) is 0. The summed E-state index contributed by atoms with van der Waals surface area (Å²) in [6.45, 7) is 1.77. The Bertz CT molecular complexity index is 226. The average Bonchev–Trinajstić information content (AvgIpc) is 1.82. The Hall–Kier alpha value is -1.22. The van der Waals surface area contributed by atoms with E-state index in [9.17, 15) is 4.79 Å². The van der Waals surface area contributed by atoms with Crippen molar-refractivity contribution in [3.05, 3.63) is 10.4 Å². The summed E-state index contributed by atoms with van der Waals surface area (Å²) in [7, 11) is 0. The van der Waals surface area contributed by atoms with Gasteiger partial charge in [-0.15, -0.1) is 0 Å². The van der Waals surface area contributed by atoms with Gasteiger partial charge in [0.25, 0.3) is 0 Å². The molecule has 1 rings (SSSR count). The van der Waals surface area contributed by atoms with E-state index in [-0.39, 0.29) is 5.92 Å². The van der Waals surface area contributed by atoms with Gasteiger partial charge in [-0.1, -0.05) is 12.0 Å². The molecule has 0 aromatic carbocycles. The molecule has 0 atom stereocenters. The lowest BCUT2D eigenvalue weighted by Gasteiger charge is -2.38. The summed E-state index contributed by atoms with van der Waals surface area (Å²) in [5.41, 5.74) is 7.66. The molecular weight excluding hydrogens is 146 g/mol. The quantitative estimate of drug-likeness (QED) is 0.372. The molecule has 1 N–H and O–H groups in total. The van der Waals surface area contributed by atoms with Crippen molar-refractivity contribution in [3.63, 3.8) is 0 Å². The van der Waals surface area contributed by atoms with Gasteiger partial charge in [0.05, 0.1) is 5.92 Å². The molecular formula is C6H9N3O2. The molecule has 1 aliphatic carbocycles. The highest BCUT2D eigenvalue weighted by Crippen LogP contribution is 2.40. The van der Waals surface area contributed by atoms with Crippen LogP contribution in [0.2, 0.25) is 0 Å². The van der Waals surface area contributed by atoms with Crippen LogP contribution in [-0.4, -0.2) is 16.6 Å². The van der Waals surface area contributed by atoms with Crippen LogP contribution in [0.15, 0.2) is 5.11 Å². The summed E-state index contributed by atoms with van der Waals surface area (Å²) >= 11 is 0. The molecule has 0 amide bonds. The van der Waals surface area contributed by atoms with Gasteiger partial charge >= 0.3 is 5.97 Å². The van der Waals surface area contributed by atoms with Crippen LogP contribution < -0.4 is 0 Å². The van der Waals surface area contributed by atoms with Crippen molar-refractivity contribution in [3.8, 4) is 0 Å². The monoisotopic (exact) mass is 155 g/mol. The number of aliphatic carboxylic acids is 1. The molecule has 11 heavy (non-hydrogen) atoms. The maximum absolute atomic E-state index is 10.3. The van der Waals surface area contributed by atoms with Crippen LogP contribution >= 0.6 is 0 Å². The number of carbonyl (C=O) groups is 1. The fourth-order valence-corrected chi connectivity index (χ4v) is 1.37. The van der Waals surface area contributed by atoms with Gasteiger partial charge in [0, 0.05) is 10.5 Å². The molecule has 60 valence electrons. The maximum atomic E-state index is 10.3. The normalized spacial score (nSPS) is 35.2. The third-order valence-electron chi connectivity index (χ3n) is 2.01. The van der Waals surface area contributed by atoms with Crippen LogP contribution in [-0.2, 0) is 4.79 Å². The lowest BCUT2D eigenvalue weighted by atomic mass is 9.70. The van der Waals surface area contributed by atoms with Gasteiger partial charge in [0.1, 0.15) is 0 Å². The molecule has 5 nitrogen and oxygen atoms in total. The molecule has 0 saturated heterocycles. The average molecular weight is 155 g/mol. The van der Waals surface area contributed by atoms with E-state index >= 15 is 0 Å². The Morgan fingerprint density at radius 2 is 2.36 bits per heavy atom.